The van der Waals surface area contributed by atoms with Gasteiger partial charge in [0.15, 0.2) is 0 Å². The highest BCUT2D eigenvalue weighted by Crippen LogP contribution is 2.35. The maximum Gasteiger partial charge on any atom is 0.125 e. The van der Waals surface area contributed by atoms with Crippen LogP contribution in [0.25, 0.3) is 0 Å². The molecule has 1 aromatic rings. The molecule has 20 heavy (non-hydrogen) atoms. The number of methoxy groups -OCH3 is 1. The summed E-state index contributed by atoms with van der Waals surface area (Å²) in [7, 11) is 1.70. The fourth-order valence-corrected chi connectivity index (χ4v) is 2.97. The van der Waals surface area contributed by atoms with Crippen LogP contribution in [0.5, 0.6) is 5.75 Å². The van der Waals surface area contributed by atoms with Crippen LogP contribution in [0.3, 0.4) is 0 Å². The maximum absolute atomic E-state index is 6.15. The minimum atomic E-state index is -0.0476. The van der Waals surface area contributed by atoms with Gasteiger partial charge in [0.25, 0.3) is 0 Å². The van der Waals surface area contributed by atoms with Crippen LogP contribution in [0.1, 0.15) is 38.3 Å². The van der Waals surface area contributed by atoms with Gasteiger partial charge in [-0.05, 0) is 38.8 Å². The third-order valence-corrected chi connectivity index (χ3v) is 3.84. The second-order valence-corrected chi connectivity index (χ2v) is 5.35. The van der Waals surface area contributed by atoms with Gasteiger partial charge in [0.05, 0.1) is 13.2 Å². The lowest BCUT2D eigenvalue weighted by Crippen LogP contribution is -2.40. The Morgan fingerprint density at radius 2 is 2.25 bits per heavy atom. The second-order valence-electron chi connectivity index (χ2n) is 5.35. The Morgan fingerprint density at radius 3 is 2.90 bits per heavy atom. The molecule has 0 aliphatic carbocycles. The lowest BCUT2D eigenvalue weighted by Gasteiger charge is -2.36. The summed E-state index contributed by atoms with van der Waals surface area (Å²) in [6, 6.07) is 6.10. The summed E-state index contributed by atoms with van der Waals surface area (Å²) < 4.78 is 11.3. The zero-order valence-corrected chi connectivity index (χ0v) is 12.8. The molecule has 4 nitrogen and oxygen atoms in total. The number of piperidine rings is 1. The molecule has 1 fully saturated rings. The van der Waals surface area contributed by atoms with Gasteiger partial charge in [-0.3, -0.25) is 0 Å². The van der Waals surface area contributed by atoms with Crippen LogP contribution in [0.2, 0.25) is 0 Å². The number of nitrogens with zero attached hydrogens (tertiary/aromatic N) is 1. The quantitative estimate of drug-likeness (QED) is 0.899. The molecule has 1 aliphatic rings. The average molecular weight is 278 g/mol. The van der Waals surface area contributed by atoms with E-state index >= 15 is 0 Å². The predicted molar refractivity (Wildman–Crippen MR) is 82.5 cm³/mol. The van der Waals surface area contributed by atoms with E-state index in [4.69, 9.17) is 15.2 Å². The largest absolute Gasteiger partial charge is 0.496 e. The van der Waals surface area contributed by atoms with Gasteiger partial charge in [-0.1, -0.05) is 6.07 Å². The minimum absolute atomic E-state index is 0.0476. The van der Waals surface area contributed by atoms with Crippen LogP contribution < -0.4 is 15.4 Å². The van der Waals surface area contributed by atoms with Crippen LogP contribution in [0.4, 0.5) is 5.69 Å². The van der Waals surface area contributed by atoms with Gasteiger partial charge in [0.1, 0.15) is 5.75 Å². The molecule has 4 heteroatoms. The van der Waals surface area contributed by atoms with Crippen molar-refractivity contribution in [3.63, 3.8) is 0 Å². The highest BCUT2D eigenvalue weighted by atomic mass is 16.5. The Kier molecular flexibility index (Phi) is 5.26. The number of hydrogen-bond donors (Lipinski definition) is 1. The summed E-state index contributed by atoms with van der Waals surface area (Å²) in [4.78, 5) is 2.38. The van der Waals surface area contributed by atoms with Gasteiger partial charge in [0.2, 0.25) is 0 Å². The smallest absolute Gasteiger partial charge is 0.125 e. The first-order valence-electron chi connectivity index (χ1n) is 7.46. The van der Waals surface area contributed by atoms with Crippen LogP contribution in [0, 0.1) is 0 Å². The summed E-state index contributed by atoms with van der Waals surface area (Å²) in [6.45, 7) is 6.82. The van der Waals surface area contributed by atoms with E-state index in [1.165, 1.54) is 5.69 Å². The summed E-state index contributed by atoms with van der Waals surface area (Å²) in [5.41, 5.74) is 8.43. The number of benzene rings is 1. The van der Waals surface area contributed by atoms with E-state index < -0.39 is 0 Å². The van der Waals surface area contributed by atoms with Crippen LogP contribution in [-0.2, 0) is 4.74 Å². The van der Waals surface area contributed by atoms with Gasteiger partial charge in [-0.15, -0.1) is 0 Å². The van der Waals surface area contributed by atoms with Crippen LogP contribution in [-0.4, -0.2) is 32.9 Å². The summed E-state index contributed by atoms with van der Waals surface area (Å²) in [5.74, 6) is 0.871. The molecule has 1 saturated heterocycles. The molecular formula is C16H26N2O2. The van der Waals surface area contributed by atoms with E-state index in [-0.39, 0.29) is 6.04 Å². The third-order valence-electron chi connectivity index (χ3n) is 3.84. The second kappa shape index (κ2) is 6.95. The third kappa shape index (κ3) is 3.25. The monoisotopic (exact) mass is 278 g/mol. The molecule has 1 aliphatic heterocycles. The van der Waals surface area contributed by atoms with Gasteiger partial charge in [0, 0.05) is 37.0 Å². The number of hydrogen-bond acceptors (Lipinski definition) is 4. The molecule has 2 atom stereocenters. The fourth-order valence-electron chi connectivity index (χ4n) is 2.97. The Hall–Kier alpha value is -1.26. The van der Waals surface area contributed by atoms with Crippen molar-refractivity contribution < 1.29 is 9.47 Å². The highest BCUT2D eigenvalue weighted by Gasteiger charge is 2.24. The van der Waals surface area contributed by atoms with Crippen molar-refractivity contribution in [2.75, 3.05) is 31.7 Å². The van der Waals surface area contributed by atoms with Crippen molar-refractivity contribution in [3.05, 3.63) is 23.8 Å². The van der Waals surface area contributed by atoms with Crippen molar-refractivity contribution in [2.45, 2.75) is 38.8 Å². The van der Waals surface area contributed by atoms with Crippen molar-refractivity contribution >= 4 is 5.69 Å². The molecule has 2 N–H and O–H groups in total. The summed E-state index contributed by atoms with van der Waals surface area (Å²) in [6.07, 6.45) is 2.61. The Bertz CT molecular complexity index is 432. The van der Waals surface area contributed by atoms with Gasteiger partial charge in [-0.2, -0.15) is 0 Å². The Labute approximate surface area is 121 Å². The minimum Gasteiger partial charge on any atom is -0.496 e. The van der Waals surface area contributed by atoms with Crippen molar-refractivity contribution in [1.29, 1.82) is 0 Å². The molecule has 112 valence electrons. The number of anilines is 1. The molecule has 0 aromatic heterocycles. The highest BCUT2D eigenvalue weighted by molar-refractivity contribution is 5.61. The average Bonchev–Trinajstić information content (AvgIpc) is 2.47. The van der Waals surface area contributed by atoms with Crippen LogP contribution >= 0.6 is 0 Å². The molecule has 0 amide bonds. The zero-order valence-electron chi connectivity index (χ0n) is 12.8. The molecule has 2 unspecified atom stereocenters. The van der Waals surface area contributed by atoms with E-state index in [1.54, 1.807) is 7.11 Å². The van der Waals surface area contributed by atoms with E-state index in [0.717, 1.165) is 43.9 Å². The first-order valence-corrected chi connectivity index (χ1v) is 7.46. The molecule has 1 aromatic carbocycles. The van der Waals surface area contributed by atoms with Gasteiger partial charge >= 0.3 is 0 Å². The summed E-state index contributed by atoms with van der Waals surface area (Å²) >= 11 is 0. The predicted octanol–water partition coefficient (Wildman–Crippen LogP) is 2.72. The SMILES string of the molecule is CCOC1CCCN(c2cccc(OC)c2C(C)N)C1. The molecule has 0 radical (unpaired) electrons. The first kappa shape index (κ1) is 15.1. The lowest BCUT2D eigenvalue weighted by molar-refractivity contribution is 0.0526. The van der Waals surface area contributed by atoms with Crippen molar-refractivity contribution in [1.82, 2.24) is 0 Å². The number of ether oxygens (including phenoxy) is 2. The number of nitrogens with two attached hydrogens (primary N) is 1. The van der Waals surface area contributed by atoms with Crippen molar-refractivity contribution in [3.8, 4) is 5.75 Å². The molecule has 1 heterocycles. The van der Waals surface area contributed by atoms with Crippen molar-refractivity contribution in [2.24, 2.45) is 5.73 Å². The molecule has 2 rings (SSSR count). The van der Waals surface area contributed by atoms with Gasteiger partial charge < -0.3 is 20.1 Å². The fraction of sp³-hybridized carbons (Fsp3) is 0.625. The normalized spacial score (nSPS) is 20.8. The maximum atomic E-state index is 6.15. The molecule has 0 bridgehead atoms. The molecule has 0 saturated carbocycles. The number of rotatable bonds is 5. The standard InChI is InChI=1S/C16H26N2O2/c1-4-20-13-7-6-10-18(11-13)14-8-5-9-15(19-3)16(14)12(2)17/h5,8-9,12-13H,4,6-7,10-11,17H2,1-3H3. The van der Waals surface area contributed by atoms with Crippen LogP contribution in [0.15, 0.2) is 18.2 Å². The van der Waals surface area contributed by atoms with E-state index in [9.17, 15) is 0 Å². The Morgan fingerprint density at radius 1 is 1.45 bits per heavy atom. The topological polar surface area (TPSA) is 47.7 Å². The first-order chi connectivity index (χ1) is 9.67. The van der Waals surface area contributed by atoms with E-state index in [1.807, 2.05) is 19.1 Å². The Balaban J connectivity index is 2.27. The zero-order chi connectivity index (χ0) is 14.5. The van der Waals surface area contributed by atoms with E-state index in [2.05, 4.69) is 17.9 Å². The molecule has 0 spiro atoms. The van der Waals surface area contributed by atoms with Gasteiger partial charge in [-0.25, -0.2) is 0 Å². The van der Waals surface area contributed by atoms with E-state index in [0.29, 0.717) is 6.10 Å². The summed E-state index contributed by atoms with van der Waals surface area (Å²) in [5, 5.41) is 0. The lowest BCUT2D eigenvalue weighted by atomic mass is 10.0. The molecular weight excluding hydrogens is 252 g/mol.